The van der Waals surface area contributed by atoms with Crippen LogP contribution in [0, 0.1) is 0 Å². The normalized spacial score (nSPS) is 12.5. The van der Waals surface area contributed by atoms with Gasteiger partial charge in [-0.15, -0.1) is 0 Å². The predicted octanol–water partition coefficient (Wildman–Crippen LogP) is 3.53. The van der Waals surface area contributed by atoms with Gasteiger partial charge in [-0.05, 0) is 44.0 Å². The molecule has 0 bridgehead atoms. The highest BCUT2D eigenvalue weighted by Gasteiger charge is 2.23. The topological polar surface area (TPSA) is 61.4 Å². The lowest BCUT2D eigenvalue weighted by molar-refractivity contribution is -0.129. The monoisotopic (exact) mass is 298 g/mol. The largest absolute Gasteiger partial charge is 0.380 e. The van der Waals surface area contributed by atoms with Crippen molar-refractivity contribution in [2.24, 2.45) is 0 Å². The minimum absolute atomic E-state index is 0.0693. The highest BCUT2D eigenvalue weighted by atomic mass is 16.5. The Morgan fingerprint density at radius 1 is 1.00 bits per heavy atom. The summed E-state index contributed by atoms with van der Waals surface area (Å²) in [5.41, 5.74) is 4.30. The zero-order chi connectivity index (χ0) is 16.2. The second-order valence-corrected chi connectivity index (χ2v) is 6.32. The van der Waals surface area contributed by atoms with E-state index in [-0.39, 0.29) is 5.54 Å². The molecule has 3 N–H and O–H groups in total. The molecule has 4 heteroatoms. The summed E-state index contributed by atoms with van der Waals surface area (Å²) in [7, 11) is 0. The number of carbonyl (C=O) groups is 1. The molecule has 0 spiro atoms. The first-order chi connectivity index (χ1) is 10.4. The van der Waals surface area contributed by atoms with Crippen molar-refractivity contribution in [1.29, 1.82) is 0 Å². The summed E-state index contributed by atoms with van der Waals surface area (Å²) in [5, 5.41) is 12.5. The summed E-state index contributed by atoms with van der Waals surface area (Å²) < 4.78 is 0. The molecular formula is C18H22N2O2. The van der Waals surface area contributed by atoms with E-state index in [1.807, 2.05) is 54.6 Å². The zero-order valence-corrected chi connectivity index (χ0v) is 13.1. The van der Waals surface area contributed by atoms with E-state index in [0.717, 1.165) is 16.8 Å². The number of hydroxylamine groups is 1. The highest BCUT2D eigenvalue weighted by molar-refractivity contribution is 5.86. The number of hydrogen-bond donors (Lipinski definition) is 3. The molecule has 1 amide bonds. The zero-order valence-electron chi connectivity index (χ0n) is 13.1. The van der Waals surface area contributed by atoms with Crippen molar-refractivity contribution < 1.29 is 10.0 Å². The Morgan fingerprint density at radius 3 is 2.23 bits per heavy atom. The van der Waals surface area contributed by atoms with Crippen LogP contribution in [0.2, 0.25) is 0 Å². The molecule has 0 saturated heterocycles. The maximum Gasteiger partial charge on any atom is 0.255 e. The minimum Gasteiger partial charge on any atom is -0.380 e. The van der Waals surface area contributed by atoms with Crippen molar-refractivity contribution in [2.75, 3.05) is 5.32 Å². The Bertz CT molecular complexity index is 633. The molecule has 0 aromatic heterocycles. The molecule has 2 aromatic carbocycles. The first kappa shape index (κ1) is 16.0. The lowest BCUT2D eigenvalue weighted by atomic mass is 9.90. The first-order valence-corrected chi connectivity index (χ1v) is 7.28. The number of benzene rings is 2. The van der Waals surface area contributed by atoms with E-state index in [2.05, 4.69) is 26.1 Å². The van der Waals surface area contributed by atoms with Crippen LogP contribution in [0.5, 0.6) is 0 Å². The summed E-state index contributed by atoms with van der Waals surface area (Å²) in [6, 6.07) is 17.1. The van der Waals surface area contributed by atoms with Crippen molar-refractivity contribution in [3.63, 3.8) is 0 Å². The molecule has 1 unspecified atom stereocenters. The Balaban J connectivity index is 2.40. The van der Waals surface area contributed by atoms with Crippen LogP contribution < -0.4 is 10.8 Å². The third kappa shape index (κ3) is 4.09. The molecule has 116 valence electrons. The van der Waals surface area contributed by atoms with Crippen molar-refractivity contribution in [3.8, 4) is 0 Å². The van der Waals surface area contributed by atoms with E-state index in [1.54, 1.807) is 5.48 Å². The van der Waals surface area contributed by atoms with Gasteiger partial charge < -0.3 is 5.32 Å². The fourth-order valence-electron chi connectivity index (χ4n) is 2.43. The SMILES string of the molecule is CC(C)(C)Nc1cccc(C(C(=O)NO)c2ccccc2)c1. The lowest BCUT2D eigenvalue weighted by Crippen LogP contribution is -2.28. The number of anilines is 1. The van der Waals surface area contributed by atoms with Gasteiger partial charge in [0.1, 0.15) is 0 Å². The maximum absolute atomic E-state index is 12.1. The fourth-order valence-corrected chi connectivity index (χ4v) is 2.43. The van der Waals surface area contributed by atoms with Gasteiger partial charge in [0.05, 0.1) is 5.92 Å². The molecule has 0 saturated carbocycles. The third-order valence-electron chi connectivity index (χ3n) is 3.24. The number of amides is 1. The van der Waals surface area contributed by atoms with E-state index in [9.17, 15) is 4.79 Å². The second kappa shape index (κ2) is 6.62. The van der Waals surface area contributed by atoms with E-state index in [0.29, 0.717) is 0 Å². The van der Waals surface area contributed by atoms with Crippen molar-refractivity contribution in [1.82, 2.24) is 5.48 Å². The second-order valence-electron chi connectivity index (χ2n) is 6.32. The standard InChI is InChI=1S/C18H22N2O2/c1-18(2,3)19-15-11-7-10-14(12-15)16(17(21)20-22)13-8-5-4-6-9-13/h4-12,16,19,22H,1-3H3,(H,20,21). The van der Waals surface area contributed by atoms with Crippen LogP contribution in [0.15, 0.2) is 54.6 Å². The van der Waals surface area contributed by atoms with Gasteiger partial charge >= 0.3 is 0 Å². The van der Waals surface area contributed by atoms with Gasteiger partial charge in [-0.3, -0.25) is 10.0 Å². The Hall–Kier alpha value is -2.33. The summed E-state index contributed by atoms with van der Waals surface area (Å²) >= 11 is 0. The van der Waals surface area contributed by atoms with Crippen molar-refractivity contribution in [3.05, 3.63) is 65.7 Å². The lowest BCUT2D eigenvalue weighted by Gasteiger charge is -2.23. The first-order valence-electron chi connectivity index (χ1n) is 7.28. The Kier molecular flexibility index (Phi) is 4.83. The molecule has 0 fully saturated rings. The Morgan fingerprint density at radius 2 is 1.64 bits per heavy atom. The van der Waals surface area contributed by atoms with Crippen molar-refractivity contribution in [2.45, 2.75) is 32.2 Å². The smallest absolute Gasteiger partial charge is 0.255 e. The summed E-state index contributed by atoms with van der Waals surface area (Å²) in [6.07, 6.45) is 0. The number of rotatable bonds is 4. The number of nitrogens with one attached hydrogen (secondary N) is 2. The third-order valence-corrected chi connectivity index (χ3v) is 3.24. The molecular weight excluding hydrogens is 276 g/mol. The van der Waals surface area contributed by atoms with Gasteiger partial charge in [0.15, 0.2) is 0 Å². The van der Waals surface area contributed by atoms with Crippen LogP contribution >= 0.6 is 0 Å². The predicted molar refractivity (Wildman–Crippen MR) is 88.0 cm³/mol. The summed E-state index contributed by atoms with van der Waals surface area (Å²) in [6.45, 7) is 6.23. The molecule has 0 aliphatic heterocycles. The number of hydrogen-bond acceptors (Lipinski definition) is 3. The molecule has 2 aromatic rings. The maximum atomic E-state index is 12.1. The molecule has 22 heavy (non-hydrogen) atoms. The summed E-state index contributed by atoms with van der Waals surface area (Å²) in [4.78, 5) is 12.1. The van der Waals surface area contributed by atoms with Crippen LogP contribution in [0.1, 0.15) is 37.8 Å². The average Bonchev–Trinajstić information content (AvgIpc) is 2.47. The number of carbonyl (C=O) groups excluding carboxylic acids is 1. The highest BCUT2D eigenvalue weighted by Crippen LogP contribution is 2.27. The minimum atomic E-state index is -0.548. The van der Waals surface area contributed by atoms with E-state index in [4.69, 9.17) is 5.21 Å². The fraction of sp³-hybridized carbons (Fsp3) is 0.278. The molecule has 0 radical (unpaired) electrons. The molecule has 4 nitrogen and oxygen atoms in total. The summed E-state index contributed by atoms with van der Waals surface area (Å²) in [5.74, 6) is -0.993. The van der Waals surface area contributed by atoms with E-state index >= 15 is 0 Å². The van der Waals surface area contributed by atoms with Crippen LogP contribution in [0.25, 0.3) is 0 Å². The van der Waals surface area contributed by atoms with Gasteiger partial charge in [-0.25, -0.2) is 5.48 Å². The van der Waals surface area contributed by atoms with Gasteiger partial charge in [0.25, 0.3) is 5.91 Å². The molecule has 0 aliphatic rings. The van der Waals surface area contributed by atoms with Crippen molar-refractivity contribution >= 4 is 11.6 Å². The Labute approximate surface area is 131 Å². The van der Waals surface area contributed by atoms with Gasteiger partial charge in [-0.2, -0.15) is 0 Å². The van der Waals surface area contributed by atoms with Crippen LogP contribution in [0.4, 0.5) is 5.69 Å². The van der Waals surface area contributed by atoms with E-state index in [1.165, 1.54) is 0 Å². The molecule has 2 rings (SSSR count). The van der Waals surface area contributed by atoms with Gasteiger partial charge in [-0.1, -0.05) is 42.5 Å². The van der Waals surface area contributed by atoms with E-state index < -0.39 is 11.8 Å². The molecule has 0 heterocycles. The molecule has 0 aliphatic carbocycles. The quantitative estimate of drug-likeness (QED) is 0.597. The molecule has 1 atom stereocenters. The van der Waals surface area contributed by atoms with Crippen LogP contribution in [-0.4, -0.2) is 16.7 Å². The van der Waals surface area contributed by atoms with Gasteiger partial charge in [0, 0.05) is 11.2 Å². The van der Waals surface area contributed by atoms with Crippen LogP contribution in [0.3, 0.4) is 0 Å². The van der Waals surface area contributed by atoms with Crippen LogP contribution in [-0.2, 0) is 4.79 Å². The van der Waals surface area contributed by atoms with Gasteiger partial charge in [0.2, 0.25) is 0 Å². The average molecular weight is 298 g/mol.